The summed E-state index contributed by atoms with van der Waals surface area (Å²) in [6, 6.07) is 33.9. The molecule has 2 aromatic carbocycles. The molecule has 0 unspecified atom stereocenters. The zero-order valence-corrected chi connectivity index (χ0v) is 20.5. The van der Waals surface area contributed by atoms with Gasteiger partial charge in [-0.05, 0) is 62.4 Å². The van der Waals surface area contributed by atoms with Crippen molar-refractivity contribution in [2.24, 2.45) is 14.1 Å². The summed E-state index contributed by atoms with van der Waals surface area (Å²) in [7, 11) is 4.21. The van der Waals surface area contributed by atoms with Crippen LogP contribution < -0.4 is 0 Å². The highest BCUT2D eigenvalue weighted by Crippen LogP contribution is 2.34. The molecule has 4 nitrogen and oxygen atoms in total. The summed E-state index contributed by atoms with van der Waals surface area (Å²) in [5.74, 6) is 0. The summed E-state index contributed by atoms with van der Waals surface area (Å²) in [5, 5.41) is 2.45. The van der Waals surface area contributed by atoms with Crippen LogP contribution in [0.3, 0.4) is 0 Å². The van der Waals surface area contributed by atoms with Crippen molar-refractivity contribution in [3.63, 3.8) is 0 Å². The first-order valence-corrected chi connectivity index (χ1v) is 12.0. The molecule has 0 aliphatic heterocycles. The number of aryl methyl sites for hydroxylation is 2. The number of benzene rings is 2. The Morgan fingerprint density at radius 2 is 0.971 bits per heavy atom. The van der Waals surface area contributed by atoms with Crippen LogP contribution >= 0.6 is 0 Å². The van der Waals surface area contributed by atoms with Gasteiger partial charge in [0.2, 0.25) is 0 Å². The van der Waals surface area contributed by atoms with Crippen LogP contribution in [0, 0.1) is 0 Å². The highest BCUT2D eigenvalue weighted by atomic mass is 15.0. The van der Waals surface area contributed by atoms with E-state index in [4.69, 9.17) is 9.97 Å². The molecular weight excluding hydrogens is 428 g/mol. The molecule has 0 spiro atoms. The van der Waals surface area contributed by atoms with E-state index in [9.17, 15) is 0 Å². The first-order chi connectivity index (χ1) is 16.9. The maximum Gasteiger partial charge on any atom is 0.0870 e. The normalized spacial score (nSPS) is 12.0. The minimum atomic E-state index is -0.360. The van der Waals surface area contributed by atoms with Gasteiger partial charge in [0.1, 0.15) is 0 Å². The number of pyridine rings is 2. The number of rotatable bonds is 4. The SMILES string of the molecule is Cn1c(-c2cccc(C(C)(C)c3cccc(-c4cc5ccccc5n4C)n3)n2)cc2ccccc21. The number of hydrogen-bond donors (Lipinski definition) is 0. The van der Waals surface area contributed by atoms with Crippen LogP contribution in [-0.4, -0.2) is 19.1 Å². The fourth-order valence-corrected chi connectivity index (χ4v) is 5.05. The molecule has 0 saturated carbocycles. The van der Waals surface area contributed by atoms with Gasteiger partial charge >= 0.3 is 0 Å². The predicted molar refractivity (Wildman–Crippen MR) is 144 cm³/mol. The molecule has 6 rings (SSSR count). The Bertz CT molecular complexity index is 1570. The average molecular weight is 457 g/mol. The van der Waals surface area contributed by atoms with E-state index >= 15 is 0 Å². The van der Waals surface area contributed by atoms with Gasteiger partial charge in [-0.1, -0.05) is 48.5 Å². The number of hydrogen-bond acceptors (Lipinski definition) is 2. The van der Waals surface area contributed by atoms with Gasteiger partial charge in [-0.25, -0.2) is 0 Å². The lowest BCUT2D eigenvalue weighted by Crippen LogP contribution is -2.22. The summed E-state index contributed by atoms with van der Waals surface area (Å²) < 4.78 is 4.43. The average Bonchev–Trinajstić information content (AvgIpc) is 3.41. The van der Waals surface area contributed by atoms with Crippen LogP contribution in [-0.2, 0) is 19.5 Å². The monoisotopic (exact) mass is 456 g/mol. The second-order valence-corrected chi connectivity index (χ2v) is 9.74. The first kappa shape index (κ1) is 21.4. The van der Waals surface area contributed by atoms with Gasteiger partial charge in [0.15, 0.2) is 0 Å². The molecular formula is C31H28N4. The second-order valence-electron chi connectivity index (χ2n) is 9.74. The minimum Gasteiger partial charge on any atom is -0.342 e. The van der Waals surface area contributed by atoms with Crippen molar-refractivity contribution in [2.75, 3.05) is 0 Å². The molecule has 4 aromatic heterocycles. The van der Waals surface area contributed by atoms with Crippen molar-refractivity contribution in [2.45, 2.75) is 19.3 Å². The minimum absolute atomic E-state index is 0.360. The highest BCUT2D eigenvalue weighted by Gasteiger charge is 2.27. The molecule has 172 valence electrons. The number of nitrogens with zero attached hydrogens (tertiary/aromatic N) is 4. The predicted octanol–water partition coefficient (Wildman–Crippen LogP) is 7.12. The zero-order chi connectivity index (χ0) is 24.2. The molecule has 0 saturated heterocycles. The van der Waals surface area contributed by atoms with Crippen molar-refractivity contribution in [1.29, 1.82) is 0 Å². The van der Waals surface area contributed by atoms with Crippen LogP contribution in [0.1, 0.15) is 25.2 Å². The van der Waals surface area contributed by atoms with Crippen molar-refractivity contribution in [3.8, 4) is 22.8 Å². The molecule has 4 heterocycles. The molecule has 0 aliphatic carbocycles. The first-order valence-electron chi connectivity index (χ1n) is 12.0. The third-order valence-corrected chi connectivity index (χ3v) is 7.21. The molecule has 0 atom stereocenters. The van der Waals surface area contributed by atoms with E-state index in [1.54, 1.807) is 0 Å². The van der Waals surface area contributed by atoms with Crippen molar-refractivity contribution >= 4 is 21.8 Å². The Morgan fingerprint density at radius 1 is 0.543 bits per heavy atom. The summed E-state index contributed by atoms with van der Waals surface area (Å²) in [4.78, 5) is 10.3. The van der Waals surface area contributed by atoms with Crippen LogP contribution in [0.5, 0.6) is 0 Å². The maximum absolute atomic E-state index is 5.14. The Balaban J connectivity index is 1.42. The van der Waals surface area contributed by atoms with E-state index in [0.29, 0.717) is 0 Å². The van der Waals surface area contributed by atoms with Gasteiger partial charge in [0.05, 0.1) is 34.2 Å². The Morgan fingerprint density at radius 3 is 1.40 bits per heavy atom. The van der Waals surface area contributed by atoms with Gasteiger partial charge in [-0.3, -0.25) is 9.97 Å². The van der Waals surface area contributed by atoms with Crippen molar-refractivity contribution in [1.82, 2.24) is 19.1 Å². The van der Waals surface area contributed by atoms with Gasteiger partial charge in [0, 0.05) is 41.3 Å². The molecule has 0 amide bonds. The highest BCUT2D eigenvalue weighted by molar-refractivity contribution is 5.87. The molecule has 35 heavy (non-hydrogen) atoms. The number of aromatic nitrogens is 4. The quantitative estimate of drug-likeness (QED) is 0.283. The fraction of sp³-hybridized carbons (Fsp3) is 0.161. The third kappa shape index (κ3) is 3.45. The van der Waals surface area contributed by atoms with Gasteiger partial charge in [0.25, 0.3) is 0 Å². The number of fused-ring (bicyclic) bond motifs is 2. The maximum atomic E-state index is 5.14. The Hall–Kier alpha value is -4.18. The standard InChI is InChI=1S/C31H28N4/c1-31(2,29-17-9-13-23(32-29)27-19-21-11-5-7-15-25(21)34(27)3)30-18-10-14-24(33-30)28-20-22-12-6-8-16-26(22)35(28)4/h5-20H,1-4H3. The summed E-state index contributed by atoms with van der Waals surface area (Å²) >= 11 is 0. The third-order valence-electron chi connectivity index (χ3n) is 7.21. The van der Waals surface area contributed by atoms with Crippen molar-refractivity contribution in [3.05, 3.63) is 108 Å². The smallest absolute Gasteiger partial charge is 0.0870 e. The van der Waals surface area contributed by atoms with E-state index in [0.717, 1.165) is 34.2 Å². The number of para-hydroxylation sites is 2. The molecule has 6 aromatic rings. The van der Waals surface area contributed by atoms with E-state index in [2.05, 4.69) is 134 Å². The van der Waals surface area contributed by atoms with Gasteiger partial charge in [-0.15, -0.1) is 0 Å². The van der Waals surface area contributed by atoms with E-state index in [1.807, 2.05) is 0 Å². The second kappa shape index (κ2) is 7.95. The molecule has 0 bridgehead atoms. The van der Waals surface area contributed by atoms with Gasteiger partial charge in [-0.2, -0.15) is 0 Å². The lowest BCUT2D eigenvalue weighted by molar-refractivity contribution is 0.596. The molecule has 0 N–H and O–H groups in total. The largest absolute Gasteiger partial charge is 0.342 e. The lowest BCUT2D eigenvalue weighted by Gasteiger charge is -2.25. The summed E-state index contributed by atoms with van der Waals surface area (Å²) in [6.45, 7) is 4.41. The Kier molecular flexibility index (Phi) is 4.85. The van der Waals surface area contributed by atoms with Gasteiger partial charge < -0.3 is 9.13 Å². The fourth-order valence-electron chi connectivity index (χ4n) is 5.05. The topological polar surface area (TPSA) is 35.6 Å². The lowest BCUT2D eigenvalue weighted by atomic mass is 9.84. The van der Waals surface area contributed by atoms with Crippen LogP contribution in [0.25, 0.3) is 44.6 Å². The van der Waals surface area contributed by atoms with E-state index in [1.165, 1.54) is 21.8 Å². The zero-order valence-electron chi connectivity index (χ0n) is 20.5. The van der Waals surface area contributed by atoms with E-state index in [-0.39, 0.29) is 5.41 Å². The molecule has 0 aliphatic rings. The van der Waals surface area contributed by atoms with Crippen LogP contribution in [0.4, 0.5) is 0 Å². The molecule has 0 fully saturated rings. The van der Waals surface area contributed by atoms with Crippen molar-refractivity contribution < 1.29 is 0 Å². The Labute approximate surface area is 205 Å². The summed E-state index contributed by atoms with van der Waals surface area (Å²) in [6.07, 6.45) is 0. The molecule has 4 heteroatoms. The van der Waals surface area contributed by atoms with Crippen LogP contribution in [0.15, 0.2) is 97.1 Å². The van der Waals surface area contributed by atoms with Crippen LogP contribution in [0.2, 0.25) is 0 Å². The molecule has 0 radical (unpaired) electrons. The summed E-state index contributed by atoms with van der Waals surface area (Å²) in [5.41, 5.74) is 8.22. The van der Waals surface area contributed by atoms with E-state index < -0.39 is 0 Å².